The van der Waals surface area contributed by atoms with Gasteiger partial charge >= 0.3 is 0 Å². The van der Waals surface area contributed by atoms with Crippen LogP contribution in [0.3, 0.4) is 0 Å². The maximum absolute atomic E-state index is 6.41. The largest absolute Gasteiger partial charge is 0.325 e. The molecule has 0 unspecified atom stereocenters. The van der Waals surface area contributed by atoms with Crippen LogP contribution < -0.4 is 5.73 Å². The van der Waals surface area contributed by atoms with Crippen molar-refractivity contribution in [3.05, 3.63) is 12.2 Å². The smallest absolute Gasteiger partial charge is 0.0154 e. The number of hydrogen-bond donors (Lipinski definition) is 1. The molecular weight excluding hydrogens is 290 g/mol. The molecule has 0 heterocycles. The van der Waals surface area contributed by atoms with Gasteiger partial charge in [0, 0.05) is 5.54 Å². The van der Waals surface area contributed by atoms with E-state index < -0.39 is 0 Å². The maximum Gasteiger partial charge on any atom is 0.0154 e. The van der Waals surface area contributed by atoms with Gasteiger partial charge in [0.25, 0.3) is 0 Å². The Morgan fingerprint density at radius 3 is 1.67 bits per heavy atom. The Kier molecular flexibility index (Phi) is 13.6. The van der Waals surface area contributed by atoms with Gasteiger partial charge in [0.05, 0.1) is 0 Å². The molecule has 0 aromatic carbocycles. The molecule has 0 amide bonds. The van der Waals surface area contributed by atoms with Crippen LogP contribution in [0, 0.1) is 0 Å². The van der Waals surface area contributed by atoms with E-state index in [1.807, 2.05) is 0 Å². The highest BCUT2D eigenvalue weighted by atomic mass is 14.7. The van der Waals surface area contributed by atoms with E-state index in [2.05, 4.69) is 19.1 Å². The van der Waals surface area contributed by atoms with Crippen LogP contribution in [0.5, 0.6) is 0 Å². The minimum atomic E-state index is 0.223. The lowest BCUT2D eigenvalue weighted by Gasteiger charge is -2.23. The summed E-state index contributed by atoms with van der Waals surface area (Å²) in [5, 5.41) is 0. The summed E-state index contributed by atoms with van der Waals surface area (Å²) in [6.45, 7) is 2.29. The van der Waals surface area contributed by atoms with Gasteiger partial charge in [0.15, 0.2) is 0 Å². The van der Waals surface area contributed by atoms with Crippen molar-refractivity contribution < 1.29 is 0 Å². The number of nitrogens with two attached hydrogens (primary N) is 1. The summed E-state index contributed by atoms with van der Waals surface area (Å²) in [6.07, 6.45) is 30.8. The summed E-state index contributed by atoms with van der Waals surface area (Å²) in [4.78, 5) is 0. The van der Waals surface area contributed by atoms with Crippen molar-refractivity contribution in [1.82, 2.24) is 0 Å². The van der Waals surface area contributed by atoms with Crippen LogP contribution in [0.15, 0.2) is 12.2 Å². The van der Waals surface area contributed by atoms with Gasteiger partial charge in [0.2, 0.25) is 0 Å². The van der Waals surface area contributed by atoms with Crippen molar-refractivity contribution in [2.45, 2.75) is 134 Å². The summed E-state index contributed by atoms with van der Waals surface area (Å²) in [7, 11) is 0. The first kappa shape index (κ1) is 21.7. The lowest BCUT2D eigenvalue weighted by atomic mass is 9.91. The molecule has 0 spiro atoms. The second-order valence-corrected chi connectivity index (χ2v) is 8.26. The van der Waals surface area contributed by atoms with E-state index in [1.54, 1.807) is 0 Å². The topological polar surface area (TPSA) is 26.0 Å². The van der Waals surface area contributed by atoms with Crippen LogP contribution in [0.25, 0.3) is 0 Å². The Morgan fingerprint density at radius 1 is 0.667 bits per heavy atom. The van der Waals surface area contributed by atoms with Crippen LogP contribution in [0.1, 0.15) is 129 Å². The Morgan fingerprint density at radius 2 is 1.12 bits per heavy atom. The number of rotatable bonds is 16. The molecule has 0 radical (unpaired) electrons. The quantitative estimate of drug-likeness (QED) is 0.227. The summed E-state index contributed by atoms with van der Waals surface area (Å²) in [5.41, 5.74) is 6.64. The fraction of sp³-hybridized carbons (Fsp3) is 0.913. The minimum Gasteiger partial charge on any atom is -0.325 e. The van der Waals surface area contributed by atoms with Crippen molar-refractivity contribution in [3.8, 4) is 0 Å². The normalized spacial score (nSPS) is 17.1. The van der Waals surface area contributed by atoms with E-state index in [-0.39, 0.29) is 5.54 Å². The molecule has 0 aromatic heterocycles. The molecule has 24 heavy (non-hydrogen) atoms. The molecule has 0 aliphatic heterocycles. The van der Waals surface area contributed by atoms with Gasteiger partial charge in [-0.1, -0.05) is 96.1 Å². The molecule has 2 N–H and O–H groups in total. The second kappa shape index (κ2) is 15.0. The van der Waals surface area contributed by atoms with Gasteiger partial charge in [-0.05, 0) is 44.9 Å². The summed E-state index contributed by atoms with van der Waals surface area (Å²) >= 11 is 0. The summed E-state index contributed by atoms with van der Waals surface area (Å²) in [5.74, 6) is 0. The van der Waals surface area contributed by atoms with E-state index in [1.165, 1.54) is 122 Å². The molecule has 1 aliphatic carbocycles. The highest BCUT2D eigenvalue weighted by Gasteiger charge is 2.28. The average Bonchev–Trinajstić information content (AvgIpc) is 3.01. The van der Waals surface area contributed by atoms with E-state index in [0.29, 0.717) is 0 Å². The predicted molar refractivity (Wildman–Crippen MR) is 109 cm³/mol. The summed E-state index contributed by atoms with van der Waals surface area (Å²) in [6, 6.07) is 0. The van der Waals surface area contributed by atoms with Crippen LogP contribution >= 0.6 is 0 Å². The van der Waals surface area contributed by atoms with Crippen molar-refractivity contribution >= 4 is 0 Å². The molecule has 1 saturated carbocycles. The SMILES string of the molecule is CCCCCCCCC=CCCCCCCCCC1(N)CCCC1. The fourth-order valence-corrected chi connectivity index (χ4v) is 4.05. The van der Waals surface area contributed by atoms with E-state index in [0.717, 1.165) is 0 Å². The van der Waals surface area contributed by atoms with Gasteiger partial charge < -0.3 is 5.73 Å². The third-order valence-corrected chi connectivity index (χ3v) is 5.79. The van der Waals surface area contributed by atoms with Crippen molar-refractivity contribution in [1.29, 1.82) is 0 Å². The van der Waals surface area contributed by atoms with E-state index >= 15 is 0 Å². The third-order valence-electron chi connectivity index (χ3n) is 5.79. The molecular formula is C23H45N. The van der Waals surface area contributed by atoms with Crippen LogP contribution in [0.4, 0.5) is 0 Å². The first-order valence-electron chi connectivity index (χ1n) is 11.2. The second-order valence-electron chi connectivity index (χ2n) is 8.26. The highest BCUT2D eigenvalue weighted by molar-refractivity contribution is 4.88. The lowest BCUT2D eigenvalue weighted by Crippen LogP contribution is -2.35. The Balaban J connectivity index is 1.75. The number of hydrogen-bond acceptors (Lipinski definition) is 1. The van der Waals surface area contributed by atoms with Crippen LogP contribution in [-0.2, 0) is 0 Å². The first-order valence-corrected chi connectivity index (χ1v) is 11.2. The highest BCUT2D eigenvalue weighted by Crippen LogP contribution is 2.31. The zero-order valence-electron chi connectivity index (χ0n) is 16.7. The summed E-state index contributed by atoms with van der Waals surface area (Å²) < 4.78 is 0. The molecule has 1 aliphatic rings. The molecule has 1 fully saturated rings. The van der Waals surface area contributed by atoms with Crippen molar-refractivity contribution in [2.24, 2.45) is 5.73 Å². The zero-order chi connectivity index (χ0) is 17.3. The minimum absolute atomic E-state index is 0.223. The number of unbranched alkanes of at least 4 members (excludes halogenated alkanes) is 12. The Bertz CT molecular complexity index is 288. The van der Waals surface area contributed by atoms with Gasteiger partial charge in [-0.3, -0.25) is 0 Å². The lowest BCUT2D eigenvalue weighted by molar-refractivity contribution is 0.383. The van der Waals surface area contributed by atoms with Crippen molar-refractivity contribution in [2.75, 3.05) is 0 Å². The van der Waals surface area contributed by atoms with Gasteiger partial charge in [-0.15, -0.1) is 0 Å². The third kappa shape index (κ3) is 12.1. The molecule has 142 valence electrons. The maximum atomic E-state index is 6.41. The molecule has 1 heteroatoms. The standard InChI is InChI=1S/C23H45N/c1-2-3-4-5-6-7-8-9-10-11-12-13-14-15-16-17-20-23(24)21-18-19-22-23/h9-10H,2-8,11-22,24H2,1H3. The van der Waals surface area contributed by atoms with Crippen molar-refractivity contribution in [3.63, 3.8) is 0 Å². The molecule has 0 saturated heterocycles. The van der Waals surface area contributed by atoms with Crippen LogP contribution in [0.2, 0.25) is 0 Å². The fourth-order valence-electron chi connectivity index (χ4n) is 4.05. The molecule has 0 aromatic rings. The van der Waals surface area contributed by atoms with Gasteiger partial charge in [0.1, 0.15) is 0 Å². The monoisotopic (exact) mass is 335 g/mol. The zero-order valence-corrected chi connectivity index (χ0v) is 16.7. The Labute approximate surface area is 152 Å². The van der Waals surface area contributed by atoms with Gasteiger partial charge in [-0.2, -0.15) is 0 Å². The molecule has 1 rings (SSSR count). The Hall–Kier alpha value is -0.300. The average molecular weight is 336 g/mol. The molecule has 0 bridgehead atoms. The van der Waals surface area contributed by atoms with Gasteiger partial charge in [-0.25, -0.2) is 0 Å². The molecule has 1 nitrogen and oxygen atoms in total. The first-order chi connectivity index (χ1) is 11.8. The van der Waals surface area contributed by atoms with E-state index in [4.69, 9.17) is 5.73 Å². The number of allylic oxidation sites excluding steroid dienone is 2. The predicted octanol–water partition coefficient (Wildman–Crippen LogP) is 7.69. The molecule has 0 atom stereocenters. The van der Waals surface area contributed by atoms with Crippen LogP contribution in [-0.4, -0.2) is 5.54 Å². The van der Waals surface area contributed by atoms with E-state index in [9.17, 15) is 0 Å².